The molecule has 32 heavy (non-hydrogen) atoms. The molecule has 1 aromatic rings. The van der Waals surface area contributed by atoms with Gasteiger partial charge in [-0.25, -0.2) is 0 Å². The molecule has 4 rings (SSSR count). The van der Waals surface area contributed by atoms with E-state index in [4.69, 9.17) is 4.42 Å². The average molecular weight is 437 g/mol. The summed E-state index contributed by atoms with van der Waals surface area (Å²) in [7, 11) is 0. The molecule has 4 heterocycles. The first-order valence-electron chi connectivity index (χ1n) is 12.7. The molecule has 0 bridgehead atoms. The standard InChI is InChI=1S/C28H40N2O2/c1-3-5-7-11-16-29-18-15-26(23-19-25(32-21-23)14-6-4-2)28(22-29)20-24-13-10-8-9-12-17-30(24)27(28)31/h3-4,10,13,19,21,24,26H,1-2,5-9,11-12,14-18,20,22H2/b13-10-/t24-,26-,28-/m0/s1. The van der Waals surface area contributed by atoms with Crippen molar-refractivity contribution in [2.45, 2.75) is 76.2 Å². The van der Waals surface area contributed by atoms with Gasteiger partial charge in [-0.1, -0.05) is 24.3 Å². The van der Waals surface area contributed by atoms with Gasteiger partial charge in [-0.05, 0) is 82.5 Å². The van der Waals surface area contributed by atoms with Crippen molar-refractivity contribution in [3.05, 3.63) is 61.1 Å². The van der Waals surface area contributed by atoms with Crippen LogP contribution in [-0.2, 0) is 11.2 Å². The summed E-state index contributed by atoms with van der Waals surface area (Å²) in [5.74, 6) is 1.63. The zero-order valence-electron chi connectivity index (χ0n) is 19.6. The number of nitrogens with zero attached hydrogens (tertiary/aromatic N) is 2. The molecule has 4 heteroatoms. The maximum absolute atomic E-state index is 14.1. The first-order valence-corrected chi connectivity index (χ1v) is 12.7. The van der Waals surface area contributed by atoms with Gasteiger partial charge in [-0.15, -0.1) is 13.2 Å². The minimum Gasteiger partial charge on any atom is -0.469 e. The smallest absolute Gasteiger partial charge is 0.231 e. The summed E-state index contributed by atoms with van der Waals surface area (Å²) < 4.78 is 5.93. The van der Waals surface area contributed by atoms with Crippen molar-refractivity contribution >= 4 is 5.91 Å². The van der Waals surface area contributed by atoms with Crippen molar-refractivity contribution in [3.63, 3.8) is 0 Å². The number of carbonyl (C=O) groups is 1. The van der Waals surface area contributed by atoms with Crippen LogP contribution >= 0.6 is 0 Å². The van der Waals surface area contributed by atoms with E-state index in [1.807, 2.05) is 18.4 Å². The van der Waals surface area contributed by atoms with E-state index in [0.717, 1.165) is 76.9 Å². The topological polar surface area (TPSA) is 36.7 Å². The summed E-state index contributed by atoms with van der Waals surface area (Å²) >= 11 is 0. The number of carbonyl (C=O) groups excluding carboxylic acids is 1. The molecular formula is C28H40N2O2. The molecule has 0 aliphatic carbocycles. The Morgan fingerprint density at radius 1 is 1.16 bits per heavy atom. The van der Waals surface area contributed by atoms with Gasteiger partial charge in [-0.3, -0.25) is 4.79 Å². The lowest BCUT2D eigenvalue weighted by Crippen LogP contribution is -2.52. The number of furan rings is 1. The van der Waals surface area contributed by atoms with E-state index in [9.17, 15) is 4.79 Å². The third-order valence-electron chi connectivity index (χ3n) is 7.75. The Hall–Kier alpha value is -2.07. The largest absolute Gasteiger partial charge is 0.469 e. The third-order valence-corrected chi connectivity index (χ3v) is 7.75. The highest BCUT2D eigenvalue weighted by Gasteiger charge is 2.57. The highest BCUT2D eigenvalue weighted by molar-refractivity contribution is 5.87. The molecule has 0 radical (unpaired) electrons. The minimum absolute atomic E-state index is 0.238. The zero-order valence-corrected chi connectivity index (χ0v) is 19.6. The van der Waals surface area contributed by atoms with Gasteiger partial charge in [0.05, 0.1) is 17.7 Å². The first kappa shape index (κ1) is 23.1. The van der Waals surface area contributed by atoms with Crippen LogP contribution in [0.2, 0.25) is 0 Å². The van der Waals surface area contributed by atoms with Gasteiger partial charge < -0.3 is 14.2 Å². The first-order chi connectivity index (χ1) is 15.7. The number of unbranched alkanes of at least 4 members (excludes halogenated alkanes) is 2. The molecule has 0 saturated carbocycles. The molecule has 1 aromatic heterocycles. The number of amides is 1. The Balaban J connectivity index is 1.59. The van der Waals surface area contributed by atoms with E-state index in [0.29, 0.717) is 5.91 Å². The van der Waals surface area contributed by atoms with E-state index < -0.39 is 0 Å². The maximum atomic E-state index is 14.1. The predicted octanol–water partition coefficient (Wildman–Crippen LogP) is 5.87. The fraction of sp³-hybridized carbons (Fsp3) is 0.607. The van der Waals surface area contributed by atoms with Crippen LogP contribution in [0.3, 0.4) is 0 Å². The summed E-state index contributed by atoms with van der Waals surface area (Å²) in [6.45, 7) is 11.6. The lowest BCUT2D eigenvalue weighted by Gasteiger charge is -2.45. The van der Waals surface area contributed by atoms with E-state index in [2.05, 4.69) is 41.2 Å². The van der Waals surface area contributed by atoms with Crippen LogP contribution in [0.25, 0.3) is 0 Å². The Morgan fingerprint density at radius 2 is 2.03 bits per heavy atom. The summed E-state index contributed by atoms with van der Waals surface area (Å²) in [6, 6.07) is 2.47. The highest BCUT2D eigenvalue weighted by Crippen LogP contribution is 2.52. The van der Waals surface area contributed by atoms with Crippen LogP contribution in [0.15, 0.2) is 54.2 Å². The monoisotopic (exact) mass is 436 g/mol. The van der Waals surface area contributed by atoms with Crippen molar-refractivity contribution in [1.29, 1.82) is 0 Å². The second kappa shape index (κ2) is 10.7. The molecule has 3 aliphatic heterocycles. The van der Waals surface area contributed by atoms with E-state index >= 15 is 0 Å². The number of piperidine rings is 1. The molecule has 2 saturated heterocycles. The lowest BCUT2D eigenvalue weighted by atomic mass is 9.66. The van der Waals surface area contributed by atoms with Crippen LogP contribution in [0, 0.1) is 5.41 Å². The van der Waals surface area contributed by atoms with Crippen molar-refractivity contribution in [2.75, 3.05) is 26.2 Å². The molecule has 0 N–H and O–H groups in total. The van der Waals surface area contributed by atoms with Crippen LogP contribution in [0.5, 0.6) is 0 Å². The zero-order chi connectivity index (χ0) is 22.4. The van der Waals surface area contributed by atoms with Crippen molar-refractivity contribution < 1.29 is 9.21 Å². The third kappa shape index (κ3) is 4.80. The molecule has 1 amide bonds. The van der Waals surface area contributed by atoms with Gasteiger partial charge in [0.25, 0.3) is 0 Å². The predicted molar refractivity (Wildman–Crippen MR) is 131 cm³/mol. The molecule has 3 atom stereocenters. The highest BCUT2D eigenvalue weighted by atomic mass is 16.3. The van der Waals surface area contributed by atoms with Crippen molar-refractivity contribution in [2.24, 2.45) is 5.41 Å². The second-order valence-corrected chi connectivity index (χ2v) is 9.93. The van der Waals surface area contributed by atoms with Crippen molar-refractivity contribution in [1.82, 2.24) is 9.80 Å². The number of rotatable bonds is 9. The van der Waals surface area contributed by atoms with Gasteiger partial charge in [-0.2, -0.15) is 0 Å². The van der Waals surface area contributed by atoms with Gasteiger partial charge in [0.1, 0.15) is 5.76 Å². The molecule has 1 spiro atoms. The van der Waals surface area contributed by atoms with Crippen LogP contribution in [0.4, 0.5) is 0 Å². The SMILES string of the molecule is C=CCCCCN1CC[C@@H](c2coc(CCC=C)c2)[C@]2(C[C@@H]3/C=C\CCCCN3C2=O)C1. The number of likely N-dealkylation sites (tertiary alicyclic amines) is 1. The molecule has 0 aromatic carbocycles. The van der Waals surface area contributed by atoms with E-state index in [1.54, 1.807) is 0 Å². The normalized spacial score (nSPS) is 29.5. The summed E-state index contributed by atoms with van der Waals surface area (Å²) in [4.78, 5) is 18.8. The summed E-state index contributed by atoms with van der Waals surface area (Å²) in [6.07, 6.45) is 21.1. The maximum Gasteiger partial charge on any atom is 0.231 e. The Morgan fingerprint density at radius 3 is 2.88 bits per heavy atom. The van der Waals surface area contributed by atoms with Crippen molar-refractivity contribution in [3.8, 4) is 0 Å². The molecule has 0 unspecified atom stereocenters. The van der Waals surface area contributed by atoms with Gasteiger partial charge in [0, 0.05) is 25.4 Å². The number of allylic oxidation sites excluding steroid dienone is 3. The van der Waals surface area contributed by atoms with Gasteiger partial charge >= 0.3 is 0 Å². The second-order valence-electron chi connectivity index (χ2n) is 9.93. The van der Waals surface area contributed by atoms with Gasteiger partial charge in [0.2, 0.25) is 5.91 Å². The number of hydrogen-bond donors (Lipinski definition) is 0. The minimum atomic E-state index is -0.338. The lowest BCUT2D eigenvalue weighted by molar-refractivity contribution is -0.140. The fourth-order valence-electron chi connectivity index (χ4n) is 6.10. The number of aryl methyl sites for hydroxylation is 1. The Bertz CT molecular complexity index is 825. The average Bonchev–Trinajstić information content (AvgIpc) is 3.34. The molecule has 3 aliphatic rings. The number of fused-ring (bicyclic) bond motifs is 1. The van der Waals surface area contributed by atoms with Crippen LogP contribution in [0.1, 0.15) is 75.0 Å². The quantitative estimate of drug-likeness (QED) is 0.359. The molecule has 4 nitrogen and oxygen atoms in total. The van der Waals surface area contributed by atoms with Gasteiger partial charge in [0.15, 0.2) is 0 Å². The molecular weight excluding hydrogens is 396 g/mol. The number of hydrogen-bond acceptors (Lipinski definition) is 3. The van der Waals surface area contributed by atoms with Crippen LogP contribution < -0.4 is 0 Å². The van der Waals surface area contributed by atoms with E-state index in [1.165, 1.54) is 24.8 Å². The molecule has 174 valence electrons. The Kier molecular flexibility index (Phi) is 7.72. The summed E-state index contributed by atoms with van der Waals surface area (Å²) in [5, 5.41) is 0. The summed E-state index contributed by atoms with van der Waals surface area (Å²) in [5.41, 5.74) is 0.887. The van der Waals surface area contributed by atoms with Crippen LogP contribution in [-0.4, -0.2) is 47.9 Å². The van der Waals surface area contributed by atoms with E-state index in [-0.39, 0.29) is 17.4 Å². The fourth-order valence-corrected chi connectivity index (χ4v) is 6.10. The Labute approximate surface area is 194 Å². The molecule has 2 fully saturated rings.